The van der Waals surface area contributed by atoms with E-state index in [2.05, 4.69) is 41.4 Å². The average molecular weight is 272 g/mol. The van der Waals surface area contributed by atoms with E-state index in [0.29, 0.717) is 12.0 Å². The second-order valence-electron chi connectivity index (χ2n) is 6.21. The van der Waals surface area contributed by atoms with Crippen LogP contribution in [0, 0.1) is 5.92 Å². The minimum Gasteiger partial charge on any atom is -0.354 e. The molecule has 0 saturated heterocycles. The van der Waals surface area contributed by atoms with Gasteiger partial charge >= 0.3 is 0 Å². The van der Waals surface area contributed by atoms with Crippen LogP contribution in [0.1, 0.15) is 37.3 Å². The average Bonchev–Trinajstić information content (AvgIpc) is 2.42. The van der Waals surface area contributed by atoms with E-state index in [0.717, 1.165) is 38.9 Å². The lowest BCUT2D eigenvalue weighted by atomic mass is 9.85. The van der Waals surface area contributed by atoms with Crippen molar-refractivity contribution in [3.05, 3.63) is 35.4 Å². The van der Waals surface area contributed by atoms with E-state index in [-0.39, 0.29) is 5.91 Å². The van der Waals surface area contributed by atoms with Crippen LogP contribution in [-0.2, 0) is 17.8 Å². The number of carbonyl (C=O) groups is 1. The second kappa shape index (κ2) is 5.96. The Balaban J connectivity index is 1.51. The van der Waals surface area contributed by atoms with Crippen LogP contribution in [0.25, 0.3) is 0 Å². The summed E-state index contributed by atoms with van der Waals surface area (Å²) in [6, 6.07) is 9.10. The third-order valence-electron chi connectivity index (χ3n) is 4.83. The fourth-order valence-electron chi connectivity index (χ4n) is 3.09. The fraction of sp³-hybridized carbons (Fsp3) is 0.588. The van der Waals surface area contributed by atoms with Crippen molar-refractivity contribution in [2.24, 2.45) is 5.92 Å². The summed E-state index contributed by atoms with van der Waals surface area (Å²) in [4.78, 5) is 14.4. The van der Waals surface area contributed by atoms with Gasteiger partial charge in [-0.3, -0.25) is 9.69 Å². The first-order chi connectivity index (χ1) is 9.74. The van der Waals surface area contributed by atoms with Crippen molar-refractivity contribution in [1.29, 1.82) is 0 Å². The lowest BCUT2D eigenvalue weighted by molar-refractivity contribution is -0.127. The van der Waals surface area contributed by atoms with Gasteiger partial charge in [0, 0.05) is 31.6 Å². The largest absolute Gasteiger partial charge is 0.354 e. The molecule has 1 amide bonds. The monoisotopic (exact) mass is 272 g/mol. The first-order valence-electron chi connectivity index (χ1n) is 7.82. The Morgan fingerprint density at radius 1 is 1.35 bits per heavy atom. The van der Waals surface area contributed by atoms with Crippen LogP contribution in [-0.4, -0.2) is 29.9 Å². The maximum absolute atomic E-state index is 11.9. The predicted octanol–water partition coefficient (Wildman–Crippen LogP) is 2.35. The van der Waals surface area contributed by atoms with E-state index in [4.69, 9.17) is 0 Å². The standard InChI is InChI=1S/C17H24N2O/c1-13(11-18-17(20)15-7-4-8-15)19-10-9-14-5-2-3-6-16(14)12-19/h2-3,5-6,13,15H,4,7-12H2,1H3,(H,18,20)/t13-/m0/s1. The van der Waals surface area contributed by atoms with E-state index in [1.807, 2.05) is 0 Å². The zero-order chi connectivity index (χ0) is 13.9. The van der Waals surface area contributed by atoms with Gasteiger partial charge in [0.2, 0.25) is 5.91 Å². The number of nitrogens with one attached hydrogen (secondary N) is 1. The van der Waals surface area contributed by atoms with Gasteiger partial charge in [0.1, 0.15) is 0 Å². The molecule has 1 aromatic carbocycles. The normalized spacial score (nSPS) is 20.9. The molecule has 0 spiro atoms. The molecule has 0 unspecified atom stereocenters. The molecule has 2 aliphatic rings. The van der Waals surface area contributed by atoms with Gasteiger partial charge in [-0.25, -0.2) is 0 Å². The number of carbonyl (C=O) groups excluding carboxylic acids is 1. The summed E-state index contributed by atoms with van der Waals surface area (Å²) < 4.78 is 0. The molecule has 3 rings (SSSR count). The molecule has 1 aliphatic heterocycles. The van der Waals surface area contributed by atoms with Gasteiger partial charge in [0.05, 0.1) is 0 Å². The van der Waals surface area contributed by atoms with E-state index in [1.165, 1.54) is 17.5 Å². The van der Waals surface area contributed by atoms with Crippen LogP contribution in [0.3, 0.4) is 0 Å². The molecular weight excluding hydrogens is 248 g/mol. The van der Waals surface area contributed by atoms with E-state index in [9.17, 15) is 4.79 Å². The molecule has 1 N–H and O–H groups in total. The topological polar surface area (TPSA) is 32.3 Å². The highest BCUT2D eigenvalue weighted by atomic mass is 16.1. The quantitative estimate of drug-likeness (QED) is 0.912. The summed E-state index contributed by atoms with van der Waals surface area (Å²) in [6.07, 6.45) is 4.50. The van der Waals surface area contributed by atoms with Crippen molar-refractivity contribution in [3.8, 4) is 0 Å². The van der Waals surface area contributed by atoms with Crippen molar-refractivity contribution in [2.75, 3.05) is 13.1 Å². The molecule has 1 aromatic rings. The third kappa shape index (κ3) is 2.88. The molecule has 0 radical (unpaired) electrons. The first kappa shape index (κ1) is 13.6. The molecule has 1 saturated carbocycles. The number of hydrogen-bond donors (Lipinski definition) is 1. The fourth-order valence-corrected chi connectivity index (χ4v) is 3.09. The first-order valence-corrected chi connectivity index (χ1v) is 7.82. The zero-order valence-corrected chi connectivity index (χ0v) is 12.3. The maximum Gasteiger partial charge on any atom is 0.223 e. The van der Waals surface area contributed by atoms with Crippen molar-refractivity contribution in [3.63, 3.8) is 0 Å². The van der Waals surface area contributed by atoms with Gasteiger partial charge in [0.15, 0.2) is 0 Å². The molecule has 108 valence electrons. The summed E-state index contributed by atoms with van der Waals surface area (Å²) in [5, 5.41) is 3.13. The highest BCUT2D eigenvalue weighted by Crippen LogP contribution is 2.26. The maximum atomic E-state index is 11.9. The van der Waals surface area contributed by atoms with Crippen molar-refractivity contribution in [1.82, 2.24) is 10.2 Å². The smallest absolute Gasteiger partial charge is 0.223 e. The molecule has 1 aliphatic carbocycles. The summed E-state index contributed by atoms with van der Waals surface area (Å²) in [5.74, 6) is 0.560. The minimum atomic E-state index is 0.264. The Hall–Kier alpha value is -1.35. The molecule has 1 atom stereocenters. The number of hydrogen-bond acceptors (Lipinski definition) is 2. The van der Waals surface area contributed by atoms with Crippen LogP contribution in [0.4, 0.5) is 0 Å². The minimum absolute atomic E-state index is 0.264. The van der Waals surface area contributed by atoms with Crippen molar-refractivity contribution < 1.29 is 4.79 Å². The lowest BCUT2D eigenvalue weighted by Crippen LogP contribution is -2.46. The van der Waals surface area contributed by atoms with Gasteiger partial charge in [-0.1, -0.05) is 30.7 Å². The van der Waals surface area contributed by atoms with Crippen LogP contribution in [0.2, 0.25) is 0 Å². The summed E-state index contributed by atoms with van der Waals surface area (Å²) in [5.41, 5.74) is 2.92. The molecule has 20 heavy (non-hydrogen) atoms. The summed E-state index contributed by atoms with van der Waals surface area (Å²) in [6.45, 7) is 5.10. The van der Waals surface area contributed by atoms with E-state index < -0.39 is 0 Å². The Morgan fingerprint density at radius 2 is 2.10 bits per heavy atom. The van der Waals surface area contributed by atoms with Gasteiger partial charge < -0.3 is 5.32 Å². The van der Waals surface area contributed by atoms with E-state index >= 15 is 0 Å². The summed E-state index contributed by atoms with van der Waals surface area (Å²) >= 11 is 0. The van der Waals surface area contributed by atoms with Gasteiger partial charge in [-0.2, -0.15) is 0 Å². The Labute approximate surface area is 121 Å². The van der Waals surface area contributed by atoms with Crippen LogP contribution < -0.4 is 5.32 Å². The Kier molecular flexibility index (Phi) is 4.06. The Bertz CT molecular complexity index is 482. The number of fused-ring (bicyclic) bond motifs is 1. The number of nitrogens with zero attached hydrogens (tertiary/aromatic N) is 1. The number of rotatable bonds is 4. The highest BCUT2D eigenvalue weighted by molar-refractivity contribution is 5.79. The number of amides is 1. The summed E-state index contributed by atoms with van der Waals surface area (Å²) in [7, 11) is 0. The van der Waals surface area contributed by atoms with Crippen LogP contribution in [0.5, 0.6) is 0 Å². The van der Waals surface area contributed by atoms with Crippen LogP contribution in [0.15, 0.2) is 24.3 Å². The van der Waals surface area contributed by atoms with Crippen LogP contribution >= 0.6 is 0 Å². The second-order valence-corrected chi connectivity index (χ2v) is 6.21. The zero-order valence-electron chi connectivity index (χ0n) is 12.3. The molecule has 1 heterocycles. The molecule has 0 bridgehead atoms. The molecule has 0 aromatic heterocycles. The van der Waals surface area contributed by atoms with E-state index in [1.54, 1.807) is 0 Å². The third-order valence-corrected chi connectivity index (χ3v) is 4.83. The lowest BCUT2D eigenvalue weighted by Gasteiger charge is -2.34. The molecular formula is C17H24N2O. The van der Waals surface area contributed by atoms with Gasteiger partial charge in [-0.05, 0) is 37.3 Å². The molecule has 1 fully saturated rings. The highest BCUT2D eigenvalue weighted by Gasteiger charge is 2.26. The molecule has 3 nitrogen and oxygen atoms in total. The van der Waals surface area contributed by atoms with Gasteiger partial charge in [-0.15, -0.1) is 0 Å². The number of benzene rings is 1. The molecule has 3 heteroatoms. The van der Waals surface area contributed by atoms with Gasteiger partial charge in [0.25, 0.3) is 0 Å². The van der Waals surface area contributed by atoms with Crippen molar-refractivity contribution in [2.45, 2.75) is 45.2 Å². The predicted molar refractivity (Wildman–Crippen MR) is 80.4 cm³/mol. The van der Waals surface area contributed by atoms with Crippen molar-refractivity contribution >= 4 is 5.91 Å². The Morgan fingerprint density at radius 3 is 2.80 bits per heavy atom. The SMILES string of the molecule is C[C@@H](CNC(=O)C1CCC1)N1CCc2ccccc2C1.